The number of rotatable bonds is 2. The smallest absolute Gasteiger partial charge is 0.255 e. The standard InChI is InChI=1S/C13H9Cl2FN2O/c14-9-3-1-7(5-10(9)15)13(19)18-8-2-4-11(16)12(17)6-8/h1-6H,17H2,(H,18,19). The fourth-order valence-electron chi connectivity index (χ4n) is 1.46. The van der Waals surface area contributed by atoms with Gasteiger partial charge in [-0.15, -0.1) is 0 Å². The summed E-state index contributed by atoms with van der Waals surface area (Å²) in [4.78, 5) is 11.9. The molecule has 0 heterocycles. The Hall–Kier alpha value is -1.78. The van der Waals surface area contributed by atoms with E-state index >= 15 is 0 Å². The number of anilines is 2. The zero-order valence-electron chi connectivity index (χ0n) is 9.58. The molecule has 0 bridgehead atoms. The molecule has 0 unspecified atom stereocenters. The lowest BCUT2D eigenvalue weighted by molar-refractivity contribution is 0.102. The number of amides is 1. The third kappa shape index (κ3) is 3.16. The number of carbonyl (C=O) groups is 1. The van der Waals surface area contributed by atoms with Crippen LogP contribution in [0, 0.1) is 5.82 Å². The number of hydrogen-bond donors (Lipinski definition) is 2. The molecule has 2 aromatic carbocycles. The molecule has 0 saturated heterocycles. The Kier molecular flexibility index (Phi) is 3.93. The zero-order chi connectivity index (χ0) is 14.0. The van der Waals surface area contributed by atoms with Crippen molar-refractivity contribution in [2.45, 2.75) is 0 Å². The van der Waals surface area contributed by atoms with E-state index in [9.17, 15) is 9.18 Å². The van der Waals surface area contributed by atoms with Gasteiger partial charge in [0.2, 0.25) is 0 Å². The Morgan fingerprint density at radius 2 is 1.84 bits per heavy atom. The maximum atomic E-state index is 13.0. The number of carbonyl (C=O) groups excluding carboxylic acids is 1. The number of nitrogens with one attached hydrogen (secondary N) is 1. The second-order valence-electron chi connectivity index (χ2n) is 3.82. The summed E-state index contributed by atoms with van der Waals surface area (Å²) in [5, 5.41) is 3.24. The predicted octanol–water partition coefficient (Wildman–Crippen LogP) is 3.97. The molecule has 0 atom stereocenters. The predicted molar refractivity (Wildman–Crippen MR) is 75.2 cm³/mol. The quantitative estimate of drug-likeness (QED) is 0.824. The molecular weight excluding hydrogens is 290 g/mol. The fourth-order valence-corrected chi connectivity index (χ4v) is 1.76. The molecule has 98 valence electrons. The Bertz CT molecular complexity index is 647. The summed E-state index contributed by atoms with van der Waals surface area (Å²) in [7, 11) is 0. The summed E-state index contributed by atoms with van der Waals surface area (Å²) in [6, 6.07) is 8.45. The molecule has 2 aromatic rings. The number of hydrogen-bond acceptors (Lipinski definition) is 2. The van der Waals surface area contributed by atoms with Crippen LogP contribution in [0.4, 0.5) is 15.8 Å². The van der Waals surface area contributed by atoms with E-state index in [0.717, 1.165) is 0 Å². The van der Waals surface area contributed by atoms with Crippen LogP contribution in [0.25, 0.3) is 0 Å². The molecule has 0 saturated carbocycles. The lowest BCUT2D eigenvalue weighted by Crippen LogP contribution is -2.12. The first-order chi connectivity index (χ1) is 8.97. The zero-order valence-corrected chi connectivity index (χ0v) is 11.1. The Labute approximate surface area is 119 Å². The second-order valence-corrected chi connectivity index (χ2v) is 4.63. The monoisotopic (exact) mass is 298 g/mol. The van der Waals surface area contributed by atoms with E-state index in [1.807, 2.05) is 0 Å². The third-order valence-electron chi connectivity index (χ3n) is 2.44. The number of halogens is 3. The molecule has 3 N–H and O–H groups in total. The van der Waals surface area contributed by atoms with Crippen molar-refractivity contribution in [3.8, 4) is 0 Å². The van der Waals surface area contributed by atoms with Gasteiger partial charge in [0, 0.05) is 11.3 Å². The summed E-state index contributed by atoms with van der Waals surface area (Å²) < 4.78 is 13.0. The molecule has 0 aliphatic carbocycles. The van der Waals surface area contributed by atoms with Crippen LogP contribution >= 0.6 is 23.2 Å². The Morgan fingerprint density at radius 3 is 2.47 bits per heavy atom. The van der Waals surface area contributed by atoms with Gasteiger partial charge in [0.25, 0.3) is 5.91 Å². The van der Waals surface area contributed by atoms with Crippen molar-refractivity contribution in [2.24, 2.45) is 0 Å². The molecular formula is C13H9Cl2FN2O. The molecule has 3 nitrogen and oxygen atoms in total. The van der Waals surface area contributed by atoms with Gasteiger partial charge in [-0.1, -0.05) is 23.2 Å². The number of nitrogen functional groups attached to an aromatic ring is 1. The molecule has 6 heteroatoms. The van der Waals surface area contributed by atoms with Gasteiger partial charge in [-0.3, -0.25) is 4.79 Å². The lowest BCUT2D eigenvalue weighted by Gasteiger charge is -2.07. The average molecular weight is 299 g/mol. The normalized spacial score (nSPS) is 10.3. The summed E-state index contributed by atoms with van der Waals surface area (Å²) in [5.74, 6) is -0.919. The minimum atomic E-state index is -0.535. The molecule has 0 aliphatic heterocycles. The minimum absolute atomic E-state index is 0.0352. The molecule has 19 heavy (non-hydrogen) atoms. The molecule has 1 amide bonds. The van der Waals surface area contributed by atoms with Gasteiger partial charge < -0.3 is 11.1 Å². The molecule has 0 aromatic heterocycles. The Morgan fingerprint density at radius 1 is 1.11 bits per heavy atom. The average Bonchev–Trinajstić information content (AvgIpc) is 2.37. The molecule has 2 rings (SSSR count). The summed E-state index contributed by atoms with van der Waals surface area (Å²) in [6.07, 6.45) is 0. The summed E-state index contributed by atoms with van der Waals surface area (Å²) >= 11 is 11.6. The maximum absolute atomic E-state index is 13.0. The van der Waals surface area contributed by atoms with Crippen molar-refractivity contribution in [2.75, 3.05) is 11.1 Å². The highest BCUT2D eigenvalue weighted by Crippen LogP contribution is 2.23. The van der Waals surface area contributed by atoms with Gasteiger partial charge in [-0.25, -0.2) is 4.39 Å². The van der Waals surface area contributed by atoms with Crippen LogP contribution < -0.4 is 11.1 Å². The van der Waals surface area contributed by atoms with Crippen molar-refractivity contribution in [1.29, 1.82) is 0 Å². The van der Waals surface area contributed by atoms with Gasteiger partial charge in [0.05, 0.1) is 15.7 Å². The minimum Gasteiger partial charge on any atom is -0.396 e. The largest absolute Gasteiger partial charge is 0.396 e. The van der Waals surface area contributed by atoms with E-state index in [0.29, 0.717) is 16.3 Å². The topological polar surface area (TPSA) is 55.1 Å². The van der Waals surface area contributed by atoms with Crippen molar-refractivity contribution in [3.05, 3.63) is 57.8 Å². The molecule has 0 aliphatic rings. The molecule has 0 spiro atoms. The SMILES string of the molecule is Nc1cc(NC(=O)c2ccc(Cl)c(Cl)c2)ccc1F. The highest BCUT2D eigenvalue weighted by Gasteiger charge is 2.09. The molecule has 0 fully saturated rings. The summed E-state index contributed by atoms with van der Waals surface area (Å²) in [6.45, 7) is 0. The highest BCUT2D eigenvalue weighted by atomic mass is 35.5. The van der Waals surface area contributed by atoms with Crippen LogP contribution in [0.3, 0.4) is 0 Å². The van der Waals surface area contributed by atoms with Gasteiger partial charge >= 0.3 is 0 Å². The van der Waals surface area contributed by atoms with Gasteiger partial charge in [0.1, 0.15) is 5.82 Å². The summed E-state index contributed by atoms with van der Waals surface area (Å²) in [5.41, 5.74) is 6.12. The highest BCUT2D eigenvalue weighted by molar-refractivity contribution is 6.42. The maximum Gasteiger partial charge on any atom is 0.255 e. The van der Waals surface area contributed by atoms with Gasteiger partial charge in [-0.05, 0) is 36.4 Å². The van der Waals surface area contributed by atoms with Crippen molar-refractivity contribution in [3.63, 3.8) is 0 Å². The number of nitrogens with two attached hydrogens (primary N) is 1. The third-order valence-corrected chi connectivity index (χ3v) is 3.17. The Balaban J connectivity index is 2.20. The van der Waals surface area contributed by atoms with Crippen molar-refractivity contribution in [1.82, 2.24) is 0 Å². The van der Waals surface area contributed by atoms with Gasteiger partial charge in [-0.2, -0.15) is 0 Å². The van der Waals surface area contributed by atoms with Crippen LogP contribution in [0.2, 0.25) is 10.0 Å². The lowest BCUT2D eigenvalue weighted by atomic mass is 10.2. The fraction of sp³-hybridized carbons (Fsp3) is 0. The van der Waals surface area contributed by atoms with Crippen LogP contribution in [0.5, 0.6) is 0 Å². The van der Waals surface area contributed by atoms with E-state index in [2.05, 4.69) is 5.32 Å². The van der Waals surface area contributed by atoms with Crippen LogP contribution in [0.1, 0.15) is 10.4 Å². The van der Waals surface area contributed by atoms with Crippen LogP contribution in [0.15, 0.2) is 36.4 Å². The first-order valence-corrected chi connectivity index (χ1v) is 6.04. The van der Waals surface area contributed by atoms with E-state index in [-0.39, 0.29) is 16.6 Å². The van der Waals surface area contributed by atoms with E-state index in [4.69, 9.17) is 28.9 Å². The molecule has 0 radical (unpaired) electrons. The number of benzene rings is 2. The second kappa shape index (κ2) is 5.47. The first-order valence-electron chi connectivity index (χ1n) is 5.29. The van der Waals surface area contributed by atoms with E-state index in [1.165, 1.54) is 36.4 Å². The van der Waals surface area contributed by atoms with Crippen LogP contribution in [-0.4, -0.2) is 5.91 Å². The van der Waals surface area contributed by atoms with Crippen molar-refractivity contribution >= 4 is 40.5 Å². The first kappa shape index (κ1) is 13.6. The van der Waals surface area contributed by atoms with E-state index in [1.54, 1.807) is 0 Å². The van der Waals surface area contributed by atoms with Gasteiger partial charge in [0.15, 0.2) is 0 Å². The van der Waals surface area contributed by atoms with Crippen LogP contribution in [-0.2, 0) is 0 Å². The van der Waals surface area contributed by atoms with Crippen molar-refractivity contribution < 1.29 is 9.18 Å². The van der Waals surface area contributed by atoms with E-state index < -0.39 is 5.82 Å².